The summed E-state index contributed by atoms with van der Waals surface area (Å²) in [6.45, 7) is 2.94. The lowest BCUT2D eigenvalue weighted by atomic mass is 10.2. The van der Waals surface area contributed by atoms with Crippen molar-refractivity contribution in [3.05, 3.63) is 54.3 Å². The highest BCUT2D eigenvalue weighted by Gasteiger charge is 2.26. The summed E-state index contributed by atoms with van der Waals surface area (Å²) in [5, 5.41) is 10.5. The molecule has 1 aliphatic heterocycles. The Balaban J connectivity index is 1.42. The number of furan rings is 1. The van der Waals surface area contributed by atoms with E-state index in [1.165, 1.54) is 16.4 Å². The molecule has 1 saturated heterocycles. The number of aromatic nitrogens is 2. The summed E-state index contributed by atoms with van der Waals surface area (Å²) < 4.78 is 37.8. The van der Waals surface area contributed by atoms with Crippen LogP contribution >= 0.6 is 0 Å². The Kier molecular flexibility index (Phi) is 6.19. The third-order valence-corrected chi connectivity index (χ3v) is 7.05. The van der Waals surface area contributed by atoms with Crippen LogP contribution in [0.3, 0.4) is 0 Å². The fourth-order valence-electron chi connectivity index (χ4n) is 3.52. The molecule has 1 amide bonds. The summed E-state index contributed by atoms with van der Waals surface area (Å²) in [4.78, 5) is 12.6. The molecule has 0 unspecified atom stereocenters. The monoisotopic (exact) mass is 444 g/mol. The van der Waals surface area contributed by atoms with Crippen molar-refractivity contribution in [1.82, 2.24) is 19.8 Å². The van der Waals surface area contributed by atoms with E-state index in [1.54, 1.807) is 24.5 Å². The fourth-order valence-corrected chi connectivity index (χ4v) is 5.04. The van der Waals surface area contributed by atoms with Gasteiger partial charge >= 0.3 is 11.8 Å². The molecule has 0 bridgehead atoms. The number of carbonyl (C=O) groups excluding carboxylic acids is 1. The molecule has 164 valence electrons. The molecule has 9 nitrogen and oxygen atoms in total. The molecule has 4 rings (SSSR count). The van der Waals surface area contributed by atoms with Crippen LogP contribution in [0.25, 0.3) is 11.5 Å². The Morgan fingerprint density at radius 3 is 2.55 bits per heavy atom. The van der Waals surface area contributed by atoms with Crippen LogP contribution in [-0.4, -0.2) is 48.0 Å². The van der Waals surface area contributed by atoms with Gasteiger partial charge in [-0.15, -0.1) is 10.2 Å². The number of hydrogen-bond acceptors (Lipinski definition) is 7. The maximum atomic E-state index is 12.8. The number of sulfonamides is 1. The van der Waals surface area contributed by atoms with E-state index in [4.69, 9.17) is 8.83 Å². The van der Waals surface area contributed by atoms with Gasteiger partial charge in [-0.2, -0.15) is 4.31 Å². The smallest absolute Gasteiger partial charge is 0.309 e. The van der Waals surface area contributed by atoms with Crippen molar-refractivity contribution in [3.63, 3.8) is 0 Å². The van der Waals surface area contributed by atoms with Crippen molar-refractivity contribution < 1.29 is 22.0 Å². The molecule has 0 aliphatic carbocycles. The number of nitrogens with zero attached hydrogens (tertiary/aromatic N) is 3. The molecular weight excluding hydrogens is 420 g/mol. The standard InChI is InChI=1S/C21H24N4O5S/c1-15(14-17-6-5-13-29-17)22-19(26)21-24-23-20(30-21)16-7-9-18(10-8-16)31(27,28)25-11-3-2-4-12-25/h5-10,13,15H,2-4,11-12,14H2,1H3,(H,22,26)/t15-/m0/s1. The Hall–Kier alpha value is -2.98. The lowest BCUT2D eigenvalue weighted by Gasteiger charge is -2.25. The van der Waals surface area contributed by atoms with Gasteiger partial charge in [-0.05, 0) is 56.2 Å². The number of rotatable bonds is 7. The van der Waals surface area contributed by atoms with E-state index < -0.39 is 15.9 Å². The molecule has 2 aromatic heterocycles. The van der Waals surface area contributed by atoms with E-state index in [-0.39, 0.29) is 22.7 Å². The molecule has 1 fully saturated rings. The van der Waals surface area contributed by atoms with Gasteiger partial charge in [0, 0.05) is 31.1 Å². The zero-order valence-corrected chi connectivity index (χ0v) is 18.0. The van der Waals surface area contributed by atoms with Gasteiger partial charge in [0.2, 0.25) is 15.9 Å². The molecule has 3 heterocycles. The van der Waals surface area contributed by atoms with Gasteiger partial charge in [-0.25, -0.2) is 8.42 Å². The molecule has 0 saturated carbocycles. The van der Waals surface area contributed by atoms with Crippen LogP contribution in [-0.2, 0) is 16.4 Å². The fraction of sp³-hybridized carbons (Fsp3) is 0.381. The van der Waals surface area contributed by atoms with E-state index >= 15 is 0 Å². The van der Waals surface area contributed by atoms with Crippen molar-refractivity contribution in [2.75, 3.05) is 13.1 Å². The number of benzene rings is 1. The van der Waals surface area contributed by atoms with Crippen LogP contribution in [0.2, 0.25) is 0 Å². The van der Waals surface area contributed by atoms with Crippen molar-refractivity contribution in [2.45, 2.75) is 43.5 Å². The Labute approximate surface area is 180 Å². The van der Waals surface area contributed by atoms with E-state index in [2.05, 4.69) is 15.5 Å². The van der Waals surface area contributed by atoms with Gasteiger partial charge in [0.1, 0.15) is 5.76 Å². The second-order valence-electron chi connectivity index (χ2n) is 7.56. The van der Waals surface area contributed by atoms with Gasteiger partial charge in [0.05, 0.1) is 11.2 Å². The van der Waals surface area contributed by atoms with Gasteiger partial charge in [-0.3, -0.25) is 4.79 Å². The van der Waals surface area contributed by atoms with E-state index in [0.717, 1.165) is 25.0 Å². The van der Waals surface area contributed by atoms with Gasteiger partial charge in [0.15, 0.2) is 0 Å². The van der Waals surface area contributed by atoms with Gasteiger partial charge in [0.25, 0.3) is 0 Å². The Bertz CT molecular complexity index is 1120. The maximum absolute atomic E-state index is 12.8. The normalized spacial score (nSPS) is 16.2. The van der Waals surface area contributed by atoms with Crippen molar-refractivity contribution in [2.24, 2.45) is 0 Å². The molecule has 1 atom stereocenters. The summed E-state index contributed by atoms with van der Waals surface area (Å²) in [6, 6.07) is 9.69. The molecule has 1 aromatic carbocycles. The van der Waals surface area contributed by atoms with E-state index in [0.29, 0.717) is 25.1 Å². The highest BCUT2D eigenvalue weighted by molar-refractivity contribution is 7.89. The zero-order valence-electron chi connectivity index (χ0n) is 17.2. The second-order valence-corrected chi connectivity index (χ2v) is 9.50. The summed E-state index contributed by atoms with van der Waals surface area (Å²) in [5.41, 5.74) is 0.535. The predicted molar refractivity (Wildman–Crippen MR) is 112 cm³/mol. The topological polar surface area (TPSA) is 119 Å². The minimum Gasteiger partial charge on any atom is -0.469 e. The van der Waals surface area contributed by atoms with Crippen LogP contribution in [0.15, 0.2) is 56.4 Å². The van der Waals surface area contributed by atoms with Crippen molar-refractivity contribution in [1.29, 1.82) is 0 Å². The average Bonchev–Trinajstić information content (AvgIpc) is 3.47. The highest BCUT2D eigenvalue weighted by Crippen LogP contribution is 2.24. The number of hydrogen-bond donors (Lipinski definition) is 1. The van der Waals surface area contributed by atoms with Crippen molar-refractivity contribution in [3.8, 4) is 11.5 Å². The summed E-state index contributed by atoms with van der Waals surface area (Å²) in [7, 11) is -3.51. The minimum absolute atomic E-state index is 0.144. The Morgan fingerprint density at radius 2 is 1.87 bits per heavy atom. The molecule has 1 aliphatic rings. The third-order valence-electron chi connectivity index (χ3n) is 5.14. The summed E-state index contributed by atoms with van der Waals surface area (Å²) in [5.74, 6) is 0.262. The van der Waals surface area contributed by atoms with Gasteiger partial charge in [-0.1, -0.05) is 6.42 Å². The first-order valence-corrected chi connectivity index (χ1v) is 11.6. The summed E-state index contributed by atoms with van der Waals surface area (Å²) in [6.07, 6.45) is 4.93. The van der Waals surface area contributed by atoms with E-state index in [9.17, 15) is 13.2 Å². The molecule has 0 radical (unpaired) electrons. The number of carbonyl (C=O) groups is 1. The molecule has 0 spiro atoms. The number of piperidine rings is 1. The Morgan fingerprint density at radius 1 is 1.13 bits per heavy atom. The number of amides is 1. The summed E-state index contributed by atoms with van der Waals surface area (Å²) >= 11 is 0. The zero-order chi connectivity index (χ0) is 21.8. The van der Waals surface area contributed by atoms with Crippen LogP contribution in [0.1, 0.15) is 42.6 Å². The van der Waals surface area contributed by atoms with Crippen LogP contribution in [0.4, 0.5) is 0 Å². The third kappa shape index (κ3) is 4.86. The lowest BCUT2D eigenvalue weighted by molar-refractivity contribution is 0.0905. The van der Waals surface area contributed by atoms with Crippen LogP contribution in [0.5, 0.6) is 0 Å². The average molecular weight is 445 g/mol. The molecule has 10 heteroatoms. The first kappa shape index (κ1) is 21.3. The van der Waals surface area contributed by atoms with Gasteiger partial charge < -0.3 is 14.2 Å². The highest BCUT2D eigenvalue weighted by atomic mass is 32.2. The first-order chi connectivity index (χ1) is 14.9. The van der Waals surface area contributed by atoms with Crippen LogP contribution in [0, 0.1) is 0 Å². The SMILES string of the molecule is C[C@@H](Cc1ccco1)NC(=O)c1nnc(-c2ccc(S(=O)(=O)N3CCCCC3)cc2)o1. The van der Waals surface area contributed by atoms with Crippen LogP contribution < -0.4 is 5.32 Å². The van der Waals surface area contributed by atoms with E-state index in [1.807, 2.05) is 13.0 Å². The molecule has 31 heavy (non-hydrogen) atoms. The minimum atomic E-state index is -3.51. The maximum Gasteiger partial charge on any atom is 0.309 e. The molecule has 1 N–H and O–H groups in total. The second kappa shape index (κ2) is 9.03. The van der Waals surface area contributed by atoms with Crippen molar-refractivity contribution >= 4 is 15.9 Å². The quantitative estimate of drug-likeness (QED) is 0.595. The number of nitrogens with one attached hydrogen (secondary N) is 1. The molecular formula is C21H24N4O5S. The largest absolute Gasteiger partial charge is 0.469 e. The first-order valence-electron chi connectivity index (χ1n) is 10.2. The molecule has 3 aromatic rings. The lowest BCUT2D eigenvalue weighted by Crippen LogP contribution is -2.35. The predicted octanol–water partition coefficient (Wildman–Crippen LogP) is 2.87.